The van der Waals surface area contributed by atoms with Crippen molar-refractivity contribution in [3.63, 3.8) is 0 Å². The summed E-state index contributed by atoms with van der Waals surface area (Å²) in [6.07, 6.45) is 2.35. The molecule has 0 aromatic heterocycles. The lowest BCUT2D eigenvalue weighted by molar-refractivity contribution is -0.139. The van der Waals surface area contributed by atoms with E-state index in [1.54, 1.807) is 36.1 Å². The SMILES string of the molecule is C=CCN1C(=O)NC(c2ccc(Cl)cc2Cl)C(C(=O)OCC)=C1CN1CCCN(C(=O)COC)CC1. The van der Waals surface area contributed by atoms with Gasteiger partial charge in [0.1, 0.15) is 6.61 Å². The number of benzene rings is 1. The van der Waals surface area contributed by atoms with Gasteiger partial charge in [-0.05, 0) is 31.0 Å². The lowest BCUT2D eigenvalue weighted by Gasteiger charge is -2.38. The molecule has 1 unspecified atom stereocenters. The molecule has 0 aliphatic carbocycles. The third-order valence-corrected chi connectivity index (χ3v) is 6.66. The molecule has 2 heterocycles. The maximum Gasteiger partial charge on any atom is 0.338 e. The van der Waals surface area contributed by atoms with E-state index < -0.39 is 12.0 Å². The van der Waals surface area contributed by atoms with Gasteiger partial charge < -0.3 is 19.7 Å². The van der Waals surface area contributed by atoms with E-state index in [1.165, 1.54) is 12.0 Å². The van der Waals surface area contributed by atoms with Gasteiger partial charge in [0.2, 0.25) is 5.91 Å². The second kappa shape index (κ2) is 13.1. The van der Waals surface area contributed by atoms with E-state index in [4.69, 9.17) is 32.7 Å². The van der Waals surface area contributed by atoms with Crippen LogP contribution in [-0.4, -0.2) is 92.2 Å². The fourth-order valence-electron chi connectivity index (χ4n) is 4.42. The minimum atomic E-state index is -0.816. The van der Waals surface area contributed by atoms with Crippen molar-refractivity contribution in [2.45, 2.75) is 19.4 Å². The molecule has 2 aliphatic rings. The molecule has 0 radical (unpaired) electrons. The molecule has 1 aromatic rings. The van der Waals surface area contributed by atoms with Crippen LogP contribution in [-0.2, 0) is 19.1 Å². The molecule has 1 saturated heterocycles. The average Bonchev–Trinajstić information content (AvgIpc) is 3.07. The number of hydrogen-bond donors (Lipinski definition) is 1. The van der Waals surface area contributed by atoms with Gasteiger partial charge in [-0.15, -0.1) is 6.58 Å². The zero-order valence-electron chi connectivity index (χ0n) is 20.6. The highest BCUT2D eigenvalue weighted by molar-refractivity contribution is 6.35. The molecule has 3 amide bonds. The van der Waals surface area contributed by atoms with E-state index in [2.05, 4.69) is 16.8 Å². The standard InChI is InChI=1S/C25H32Cl2N4O5/c1-4-9-31-20(15-29-10-6-11-30(13-12-29)21(32)16-35-3)22(24(33)36-5-2)23(28-25(31)34)18-8-7-17(26)14-19(18)27/h4,7-8,14,23H,1,5-6,9-13,15-16H2,2-3H3,(H,28,34). The molecule has 196 valence electrons. The molecule has 36 heavy (non-hydrogen) atoms. The number of nitrogens with zero attached hydrogens (tertiary/aromatic N) is 3. The maximum atomic E-state index is 13.3. The molecular formula is C25H32Cl2N4O5. The number of nitrogens with one attached hydrogen (secondary N) is 1. The monoisotopic (exact) mass is 538 g/mol. The first kappa shape index (κ1) is 28.0. The Morgan fingerprint density at radius 3 is 2.67 bits per heavy atom. The summed E-state index contributed by atoms with van der Waals surface area (Å²) in [6.45, 7) is 8.62. The van der Waals surface area contributed by atoms with Gasteiger partial charge in [-0.1, -0.05) is 35.3 Å². The second-order valence-corrected chi connectivity index (χ2v) is 9.32. The topological polar surface area (TPSA) is 91.4 Å². The third-order valence-electron chi connectivity index (χ3n) is 6.10. The number of ether oxygens (including phenoxy) is 2. The lowest BCUT2D eigenvalue weighted by Crippen LogP contribution is -2.51. The number of rotatable bonds is 9. The Morgan fingerprint density at radius 2 is 2.00 bits per heavy atom. The molecule has 3 rings (SSSR count). The van der Waals surface area contributed by atoms with Crippen LogP contribution >= 0.6 is 23.2 Å². The van der Waals surface area contributed by atoms with Crippen molar-refractivity contribution >= 4 is 41.1 Å². The first-order valence-corrected chi connectivity index (χ1v) is 12.6. The molecule has 0 spiro atoms. The van der Waals surface area contributed by atoms with E-state index in [1.807, 2.05) is 0 Å². The van der Waals surface area contributed by atoms with Crippen LogP contribution in [0.3, 0.4) is 0 Å². The van der Waals surface area contributed by atoms with Gasteiger partial charge in [-0.3, -0.25) is 14.6 Å². The largest absolute Gasteiger partial charge is 0.463 e. The summed E-state index contributed by atoms with van der Waals surface area (Å²) in [7, 11) is 1.50. The molecule has 0 bridgehead atoms. The number of esters is 1. The first-order chi connectivity index (χ1) is 17.3. The first-order valence-electron chi connectivity index (χ1n) is 11.8. The Morgan fingerprint density at radius 1 is 1.22 bits per heavy atom. The van der Waals surface area contributed by atoms with Crippen molar-refractivity contribution in [3.8, 4) is 0 Å². The van der Waals surface area contributed by atoms with E-state index in [0.29, 0.717) is 59.6 Å². The zero-order chi connectivity index (χ0) is 26.2. The molecule has 2 aliphatic heterocycles. The Bertz CT molecular complexity index is 1030. The van der Waals surface area contributed by atoms with Gasteiger partial charge >= 0.3 is 12.0 Å². The number of hydrogen-bond acceptors (Lipinski definition) is 6. The Hall–Kier alpha value is -2.59. The van der Waals surface area contributed by atoms with E-state index in [9.17, 15) is 14.4 Å². The smallest absolute Gasteiger partial charge is 0.338 e. The van der Waals surface area contributed by atoms with Gasteiger partial charge in [0, 0.05) is 62.1 Å². The Balaban J connectivity index is 2.02. The number of amides is 3. The van der Waals surface area contributed by atoms with Crippen LogP contribution in [0.4, 0.5) is 4.79 Å². The molecular weight excluding hydrogens is 507 g/mol. The van der Waals surface area contributed by atoms with Crippen molar-refractivity contribution in [2.75, 3.05) is 59.6 Å². The zero-order valence-corrected chi connectivity index (χ0v) is 22.1. The van der Waals surface area contributed by atoms with E-state index in [-0.39, 0.29) is 31.7 Å². The van der Waals surface area contributed by atoms with Crippen LogP contribution in [0.25, 0.3) is 0 Å². The number of carbonyl (C=O) groups is 3. The minimum Gasteiger partial charge on any atom is -0.463 e. The number of halogens is 2. The van der Waals surface area contributed by atoms with Crippen molar-refractivity contribution in [2.24, 2.45) is 0 Å². The van der Waals surface area contributed by atoms with E-state index >= 15 is 0 Å². The van der Waals surface area contributed by atoms with Gasteiger partial charge in [-0.25, -0.2) is 9.59 Å². The molecule has 1 fully saturated rings. The quantitative estimate of drug-likeness (QED) is 0.383. The number of carbonyl (C=O) groups excluding carboxylic acids is 3. The Kier molecular flexibility index (Phi) is 10.2. The van der Waals surface area contributed by atoms with Crippen LogP contribution in [0.5, 0.6) is 0 Å². The van der Waals surface area contributed by atoms with Crippen molar-refractivity contribution in [3.05, 3.63) is 57.7 Å². The van der Waals surface area contributed by atoms with Gasteiger partial charge in [0.05, 0.1) is 18.2 Å². The second-order valence-electron chi connectivity index (χ2n) is 8.47. The van der Waals surface area contributed by atoms with Gasteiger partial charge in [0.15, 0.2) is 0 Å². The van der Waals surface area contributed by atoms with Crippen LogP contribution in [0.1, 0.15) is 24.9 Å². The Labute approximate surface area is 221 Å². The third kappa shape index (κ3) is 6.59. The highest BCUT2D eigenvalue weighted by Crippen LogP contribution is 2.36. The number of methoxy groups -OCH3 is 1. The average molecular weight is 539 g/mol. The number of urea groups is 1. The summed E-state index contributed by atoms with van der Waals surface area (Å²) in [5, 5.41) is 3.67. The fourth-order valence-corrected chi connectivity index (χ4v) is 4.94. The molecule has 1 aromatic carbocycles. The van der Waals surface area contributed by atoms with Crippen LogP contribution in [0, 0.1) is 0 Å². The highest BCUT2D eigenvalue weighted by Gasteiger charge is 2.39. The molecule has 1 atom stereocenters. The van der Waals surface area contributed by atoms with Crippen molar-refractivity contribution in [1.29, 1.82) is 0 Å². The highest BCUT2D eigenvalue weighted by atomic mass is 35.5. The normalized spacial score (nSPS) is 19.1. The summed E-state index contributed by atoms with van der Waals surface area (Å²) < 4.78 is 10.4. The van der Waals surface area contributed by atoms with Gasteiger partial charge in [-0.2, -0.15) is 0 Å². The maximum absolute atomic E-state index is 13.3. The summed E-state index contributed by atoms with van der Waals surface area (Å²) >= 11 is 12.6. The van der Waals surface area contributed by atoms with Crippen LogP contribution < -0.4 is 5.32 Å². The van der Waals surface area contributed by atoms with E-state index in [0.717, 1.165) is 6.42 Å². The predicted molar refractivity (Wildman–Crippen MR) is 138 cm³/mol. The van der Waals surface area contributed by atoms with Crippen molar-refractivity contribution in [1.82, 2.24) is 20.0 Å². The summed E-state index contributed by atoms with van der Waals surface area (Å²) in [4.78, 5) is 44.3. The fraction of sp³-hybridized carbons (Fsp3) is 0.480. The molecule has 9 nitrogen and oxygen atoms in total. The van der Waals surface area contributed by atoms with Crippen molar-refractivity contribution < 1.29 is 23.9 Å². The summed E-state index contributed by atoms with van der Waals surface area (Å²) in [5.41, 5.74) is 1.37. The van der Waals surface area contributed by atoms with Crippen LogP contribution in [0.2, 0.25) is 10.0 Å². The molecule has 0 saturated carbocycles. The lowest BCUT2D eigenvalue weighted by atomic mass is 9.94. The van der Waals surface area contributed by atoms with Gasteiger partial charge in [0.25, 0.3) is 0 Å². The molecule has 11 heteroatoms. The molecule has 1 N–H and O–H groups in total. The summed E-state index contributed by atoms with van der Waals surface area (Å²) in [5.74, 6) is -0.599. The summed E-state index contributed by atoms with van der Waals surface area (Å²) in [6, 6.07) is 3.74. The minimum absolute atomic E-state index is 0.0367. The van der Waals surface area contributed by atoms with Crippen LogP contribution in [0.15, 0.2) is 42.1 Å². The predicted octanol–water partition coefficient (Wildman–Crippen LogP) is 3.24.